The molecule has 0 heterocycles. The lowest BCUT2D eigenvalue weighted by atomic mass is 10.2. The molecule has 8 heteroatoms. The first-order valence-electron chi connectivity index (χ1n) is 5.30. The molecule has 0 aliphatic carbocycles. The van der Waals surface area contributed by atoms with E-state index in [-0.39, 0.29) is 13.0 Å². The van der Waals surface area contributed by atoms with Crippen LogP contribution in [0.15, 0.2) is 22.7 Å². The van der Waals surface area contributed by atoms with Crippen molar-refractivity contribution in [3.05, 3.63) is 27.7 Å². The molecule has 19 heavy (non-hydrogen) atoms. The Morgan fingerprint density at radius 3 is 2.63 bits per heavy atom. The monoisotopic (exact) mass is 350 g/mol. The van der Waals surface area contributed by atoms with E-state index in [1.54, 1.807) is 12.1 Å². The highest BCUT2D eigenvalue weighted by Crippen LogP contribution is 2.25. The van der Waals surface area contributed by atoms with Gasteiger partial charge in [0.25, 0.3) is 0 Å². The molecule has 4 N–H and O–H groups in total. The van der Waals surface area contributed by atoms with Crippen LogP contribution in [-0.4, -0.2) is 34.9 Å². The summed E-state index contributed by atoms with van der Waals surface area (Å²) in [5.74, 6) is -1.21. The maximum absolute atomic E-state index is 11.6. The Labute approximate surface area is 122 Å². The van der Waals surface area contributed by atoms with Gasteiger partial charge in [-0.2, -0.15) is 0 Å². The summed E-state index contributed by atoms with van der Waals surface area (Å²) in [6, 6.07) is 2.96. The van der Waals surface area contributed by atoms with E-state index in [1.165, 1.54) is 6.07 Å². The molecule has 0 aliphatic heterocycles. The third-order valence-electron chi connectivity index (χ3n) is 2.20. The normalized spacial score (nSPS) is 11.7. The molecule has 1 aromatic rings. The summed E-state index contributed by atoms with van der Waals surface area (Å²) in [5, 5.41) is 22.6. The Hall–Kier alpha value is -1.31. The van der Waals surface area contributed by atoms with Gasteiger partial charge < -0.3 is 20.8 Å². The summed E-state index contributed by atoms with van der Waals surface area (Å²) in [6.07, 6.45) is -0.0656. The predicted molar refractivity (Wildman–Crippen MR) is 74.4 cm³/mol. The van der Waals surface area contributed by atoms with Crippen molar-refractivity contribution < 1.29 is 19.8 Å². The topological polar surface area (TPSA) is 98.7 Å². The van der Waals surface area contributed by atoms with E-state index in [0.717, 1.165) is 0 Å². The number of carbonyl (C=O) groups is 2. The first-order chi connectivity index (χ1) is 8.93. The van der Waals surface area contributed by atoms with Crippen molar-refractivity contribution in [2.24, 2.45) is 0 Å². The summed E-state index contributed by atoms with van der Waals surface area (Å²) in [6.45, 7) is -0.332. The van der Waals surface area contributed by atoms with Crippen LogP contribution in [0.5, 0.6) is 0 Å². The zero-order valence-corrected chi connectivity index (χ0v) is 12.0. The fourth-order valence-electron chi connectivity index (χ4n) is 1.29. The number of nitrogens with one attached hydrogen (secondary N) is 2. The molecule has 0 bridgehead atoms. The largest absolute Gasteiger partial charge is 0.480 e. The Kier molecular flexibility index (Phi) is 6.07. The number of rotatable bonds is 5. The average molecular weight is 352 g/mol. The SMILES string of the molecule is O=C(Nc1ccc(Br)c(Cl)c1)NC(CCO)C(=O)O. The van der Waals surface area contributed by atoms with E-state index in [4.69, 9.17) is 21.8 Å². The number of amides is 2. The van der Waals surface area contributed by atoms with Crippen LogP contribution in [0.4, 0.5) is 10.5 Å². The van der Waals surface area contributed by atoms with E-state index < -0.39 is 18.0 Å². The maximum Gasteiger partial charge on any atom is 0.326 e. The minimum Gasteiger partial charge on any atom is -0.480 e. The van der Waals surface area contributed by atoms with Crippen molar-refractivity contribution in [2.75, 3.05) is 11.9 Å². The number of halogens is 2. The molecule has 1 rings (SSSR count). The second kappa shape index (κ2) is 7.32. The van der Waals surface area contributed by atoms with E-state index in [2.05, 4.69) is 26.6 Å². The Bertz CT molecular complexity index is 484. The molecule has 1 atom stereocenters. The molecular weight excluding hydrogens is 339 g/mol. The van der Waals surface area contributed by atoms with Crippen molar-refractivity contribution >= 4 is 45.2 Å². The smallest absolute Gasteiger partial charge is 0.326 e. The number of hydrogen-bond acceptors (Lipinski definition) is 3. The second-order valence-corrected chi connectivity index (χ2v) is 4.89. The Balaban J connectivity index is 2.63. The lowest BCUT2D eigenvalue weighted by Crippen LogP contribution is -2.43. The standard InChI is InChI=1S/C11H12BrClN2O4/c12-7-2-1-6(5-8(7)13)14-11(19)15-9(3-4-16)10(17)18/h1-2,5,9,16H,3-4H2,(H,17,18)(H2,14,15,19). The summed E-state index contributed by atoms with van der Waals surface area (Å²) in [5.41, 5.74) is 0.429. The molecule has 1 unspecified atom stereocenters. The van der Waals surface area contributed by atoms with E-state index >= 15 is 0 Å². The second-order valence-electron chi connectivity index (χ2n) is 3.63. The fourth-order valence-corrected chi connectivity index (χ4v) is 1.71. The van der Waals surface area contributed by atoms with Crippen molar-refractivity contribution in [1.82, 2.24) is 5.32 Å². The van der Waals surface area contributed by atoms with Crippen molar-refractivity contribution in [2.45, 2.75) is 12.5 Å². The number of aliphatic hydroxyl groups excluding tert-OH is 1. The van der Waals surface area contributed by atoms with Gasteiger partial charge in [-0.15, -0.1) is 0 Å². The van der Waals surface area contributed by atoms with Crippen LogP contribution < -0.4 is 10.6 Å². The number of hydrogen-bond donors (Lipinski definition) is 4. The van der Waals surface area contributed by atoms with Crippen LogP contribution in [-0.2, 0) is 4.79 Å². The van der Waals surface area contributed by atoms with Crippen LogP contribution in [0, 0.1) is 0 Å². The van der Waals surface area contributed by atoms with Gasteiger partial charge in [0.15, 0.2) is 0 Å². The van der Waals surface area contributed by atoms with E-state index in [9.17, 15) is 9.59 Å². The lowest BCUT2D eigenvalue weighted by Gasteiger charge is -2.14. The van der Waals surface area contributed by atoms with E-state index in [0.29, 0.717) is 15.2 Å². The Morgan fingerprint density at radius 1 is 1.42 bits per heavy atom. The molecule has 2 amide bonds. The Morgan fingerprint density at radius 2 is 2.11 bits per heavy atom. The highest BCUT2D eigenvalue weighted by atomic mass is 79.9. The number of carbonyl (C=O) groups excluding carboxylic acids is 1. The number of anilines is 1. The molecular formula is C11H12BrClN2O4. The van der Waals surface area contributed by atoms with Gasteiger partial charge >= 0.3 is 12.0 Å². The molecule has 0 fully saturated rings. The minimum atomic E-state index is -1.21. The molecule has 0 aliphatic rings. The van der Waals surface area contributed by atoms with Gasteiger partial charge in [-0.3, -0.25) is 0 Å². The van der Waals surface area contributed by atoms with E-state index in [1.807, 2.05) is 0 Å². The first kappa shape index (κ1) is 15.7. The molecule has 6 nitrogen and oxygen atoms in total. The number of benzene rings is 1. The zero-order chi connectivity index (χ0) is 14.4. The van der Waals surface area contributed by atoms with Gasteiger partial charge in [-0.25, -0.2) is 9.59 Å². The molecule has 0 aromatic heterocycles. The van der Waals surface area contributed by atoms with Crippen molar-refractivity contribution in [3.63, 3.8) is 0 Å². The van der Waals surface area contributed by atoms with Crippen LogP contribution >= 0.6 is 27.5 Å². The number of carboxylic acids is 1. The number of aliphatic carboxylic acids is 1. The molecule has 1 aromatic carbocycles. The maximum atomic E-state index is 11.6. The molecule has 104 valence electrons. The first-order valence-corrected chi connectivity index (χ1v) is 6.47. The number of aliphatic hydroxyl groups is 1. The van der Waals surface area contributed by atoms with Gasteiger partial charge in [0, 0.05) is 23.2 Å². The van der Waals surface area contributed by atoms with Gasteiger partial charge in [-0.05, 0) is 34.1 Å². The summed E-state index contributed by atoms with van der Waals surface area (Å²) < 4.78 is 0.684. The molecule has 0 spiro atoms. The predicted octanol–water partition coefficient (Wildman–Crippen LogP) is 2.06. The highest BCUT2D eigenvalue weighted by Gasteiger charge is 2.19. The quantitative estimate of drug-likeness (QED) is 0.652. The van der Waals surface area contributed by atoms with Gasteiger partial charge in [-0.1, -0.05) is 11.6 Å². The minimum absolute atomic E-state index is 0.0656. The summed E-state index contributed by atoms with van der Waals surface area (Å²) in [4.78, 5) is 22.4. The summed E-state index contributed by atoms with van der Waals surface area (Å²) in [7, 11) is 0. The average Bonchev–Trinajstić information content (AvgIpc) is 2.33. The third-order valence-corrected chi connectivity index (χ3v) is 3.43. The van der Waals surface area contributed by atoms with Crippen molar-refractivity contribution in [1.29, 1.82) is 0 Å². The van der Waals surface area contributed by atoms with Crippen LogP contribution in [0.3, 0.4) is 0 Å². The number of urea groups is 1. The van der Waals surface area contributed by atoms with Crippen LogP contribution in [0.1, 0.15) is 6.42 Å². The molecule has 0 radical (unpaired) electrons. The molecule has 0 saturated carbocycles. The number of carboxylic acid groups (broad SMARTS) is 1. The summed E-state index contributed by atoms with van der Waals surface area (Å²) >= 11 is 9.07. The van der Waals surface area contributed by atoms with Gasteiger partial charge in [0.2, 0.25) is 0 Å². The van der Waals surface area contributed by atoms with Gasteiger partial charge in [0.1, 0.15) is 6.04 Å². The van der Waals surface area contributed by atoms with Crippen molar-refractivity contribution in [3.8, 4) is 0 Å². The zero-order valence-electron chi connectivity index (χ0n) is 9.69. The highest BCUT2D eigenvalue weighted by molar-refractivity contribution is 9.10. The third kappa shape index (κ3) is 5.06. The van der Waals surface area contributed by atoms with Crippen LogP contribution in [0.25, 0.3) is 0 Å². The molecule has 0 saturated heterocycles. The lowest BCUT2D eigenvalue weighted by molar-refractivity contribution is -0.139. The fraction of sp³-hybridized carbons (Fsp3) is 0.273. The van der Waals surface area contributed by atoms with Crippen LogP contribution in [0.2, 0.25) is 5.02 Å². The van der Waals surface area contributed by atoms with Gasteiger partial charge in [0.05, 0.1) is 5.02 Å².